The van der Waals surface area contributed by atoms with E-state index in [9.17, 15) is 4.79 Å². The zero-order valence-electron chi connectivity index (χ0n) is 10.4. The molecule has 17 heavy (non-hydrogen) atoms. The highest BCUT2D eigenvalue weighted by Crippen LogP contribution is 2.17. The first kappa shape index (κ1) is 13.7. The van der Waals surface area contributed by atoms with Gasteiger partial charge in [0.15, 0.2) is 0 Å². The Labute approximate surface area is 106 Å². The number of anilines is 1. The maximum Gasteiger partial charge on any atom is 0.242 e. The van der Waals surface area contributed by atoms with Crippen LogP contribution in [0.3, 0.4) is 0 Å². The van der Waals surface area contributed by atoms with Crippen LogP contribution in [0.1, 0.15) is 27.7 Å². The molecular weight excluding hydrogens is 240 g/mol. The molecule has 1 amide bonds. The molecule has 5 nitrogen and oxygen atoms in total. The summed E-state index contributed by atoms with van der Waals surface area (Å²) in [4.78, 5) is 19.6. The van der Waals surface area contributed by atoms with E-state index >= 15 is 0 Å². The Morgan fingerprint density at radius 1 is 1.47 bits per heavy atom. The lowest BCUT2D eigenvalue weighted by Gasteiger charge is -2.24. The van der Waals surface area contributed by atoms with Gasteiger partial charge in [-0.2, -0.15) is 0 Å². The van der Waals surface area contributed by atoms with Crippen LogP contribution in [-0.2, 0) is 4.79 Å². The molecule has 0 radical (unpaired) electrons. The summed E-state index contributed by atoms with van der Waals surface area (Å²) >= 11 is 5.89. The number of hydrogen-bond donors (Lipinski definition) is 2. The van der Waals surface area contributed by atoms with E-state index in [0.717, 1.165) is 0 Å². The van der Waals surface area contributed by atoms with E-state index in [1.165, 1.54) is 12.5 Å². The lowest BCUT2D eigenvalue weighted by Crippen LogP contribution is -2.47. The Kier molecular flexibility index (Phi) is 4.28. The Balaban J connectivity index is 2.64. The maximum absolute atomic E-state index is 11.8. The van der Waals surface area contributed by atoms with Gasteiger partial charge in [0.2, 0.25) is 5.91 Å². The van der Waals surface area contributed by atoms with Gasteiger partial charge in [-0.3, -0.25) is 4.79 Å². The first-order valence-corrected chi connectivity index (χ1v) is 5.71. The highest BCUT2D eigenvalue weighted by Gasteiger charge is 2.19. The predicted octanol–water partition coefficient (Wildman–Crippen LogP) is 1.85. The van der Waals surface area contributed by atoms with Crippen LogP contribution in [-0.4, -0.2) is 27.5 Å². The lowest BCUT2D eigenvalue weighted by atomic mass is 10.1. The zero-order chi connectivity index (χ0) is 13.1. The highest BCUT2D eigenvalue weighted by atomic mass is 35.5. The summed E-state index contributed by atoms with van der Waals surface area (Å²) in [6.45, 7) is 7.53. The first-order chi connectivity index (χ1) is 7.79. The lowest BCUT2D eigenvalue weighted by molar-refractivity contribution is -0.122. The average Bonchev–Trinajstić information content (AvgIpc) is 2.18. The van der Waals surface area contributed by atoms with Crippen LogP contribution < -0.4 is 10.6 Å². The molecule has 6 heteroatoms. The first-order valence-electron chi connectivity index (χ1n) is 5.33. The number of nitrogens with zero attached hydrogens (tertiary/aromatic N) is 2. The van der Waals surface area contributed by atoms with Gasteiger partial charge in [0, 0.05) is 5.54 Å². The van der Waals surface area contributed by atoms with Crippen LogP contribution in [0.25, 0.3) is 0 Å². The molecule has 0 aliphatic rings. The molecule has 1 atom stereocenters. The summed E-state index contributed by atoms with van der Waals surface area (Å²) in [5, 5.41) is 6.20. The molecule has 1 aromatic heterocycles. The number of hydrogen-bond acceptors (Lipinski definition) is 4. The maximum atomic E-state index is 11.8. The Morgan fingerprint density at radius 3 is 2.65 bits per heavy atom. The fourth-order valence-corrected chi connectivity index (χ4v) is 1.33. The minimum Gasteiger partial charge on any atom is -0.357 e. The summed E-state index contributed by atoms with van der Waals surface area (Å²) in [5.41, 5.74) is -0.261. The van der Waals surface area contributed by atoms with Crippen molar-refractivity contribution in [1.29, 1.82) is 0 Å². The molecule has 0 bridgehead atoms. The molecular formula is C11H17ClN4O. The van der Waals surface area contributed by atoms with Crippen LogP contribution >= 0.6 is 11.6 Å². The van der Waals surface area contributed by atoms with Gasteiger partial charge < -0.3 is 10.6 Å². The number of rotatable bonds is 3. The number of amides is 1. The molecule has 0 aliphatic heterocycles. The monoisotopic (exact) mass is 256 g/mol. The number of aromatic nitrogens is 2. The number of halogens is 1. The number of carbonyl (C=O) groups excluding carboxylic acids is 1. The Bertz CT molecular complexity index is 403. The molecule has 94 valence electrons. The molecule has 2 N–H and O–H groups in total. The number of carbonyl (C=O) groups is 1. The Hall–Kier alpha value is -1.36. The molecule has 0 saturated heterocycles. The van der Waals surface area contributed by atoms with Gasteiger partial charge in [0.1, 0.15) is 23.2 Å². The largest absolute Gasteiger partial charge is 0.357 e. The SMILES string of the molecule is CC(Nc1ncncc1Cl)C(=O)NC(C)(C)C. The minimum atomic E-state index is -0.415. The van der Waals surface area contributed by atoms with E-state index in [-0.39, 0.29) is 11.4 Å². The molecule has 0 aromatic carbocycles. The molecule has 0 spiro atoms. The third-order valence-electron chi connectivity index (χ3n) is 1.91. The smallest absolute Gasteiger partial charge is 0.242 e. The van der Waals surface area contributed by atoms with Gasteiger partial charge >= 0.3 is 0 Å². The third-order valence-corrected chi connectivity index (χ3v) is 2.19. The van der Waals surface area contributed by atoms with Crippen LogP contribution in [0.2, 0.25) is 5.02 Å². The van der Waals surface area contributed by atoms with Crippen molar-refractivity contribution in [1.82, 2.24) is 15.3 Å². The molecule has 1 heterocycles. The summed E-state index contributed by atoms with van der Waals surface area (Å²) < 4.78 is 0. The zero-order valence-corrected chi connectivity index (χ0v) is 11.2. The topological polar surface area (TPSA) is 66.9 Å². The summed E-state index contributed by atoms with van der Waals surface area (Å²) in [7, 11) is 0. The second-order valence-electron chi connectivity index (χ2n) is 4.82. The van der Waals surface area contributed by atoms with E-state index in [1.807, 2.05) is 20.8 Å². The van der Waals surface area contributed by atoms with Crippen molar-refractivity contribution in [3.8, 4) is 0 Å². The van der Waals surface area contributed by atoms with E-state index in [0.29, 0.717) is 10.8 Å². The van der Waals surface area contributed by atoms with Gasteiger partial charge in [-0.25, -0.2) is 9.97 Å². The van der Waals surface area contributed by atoms with Crippen molar-refractivity contribution in [2.45, 2.75) is 39.3 Å². The van der Waals surface area contributed by atoms with E-state index in [1.54, 1.807) is 6.92 Å². The summed E-state index contributed by atoms with van der Waals surface area (Å²) in [6.07, 6.45) is 2.86. The van der Waals surface area contributed by atoms with E-state index in [2.05, 4.69) is 20.6 Å². The van der Waals surface area contributed by atoms with Gasteiger partial charge in [0.05, 0.1) is 6.20 Å². The molecule has 1 unspecified atom stereocenters. The van der Waals surface area contributed by atoms with Crippen molar-refractivity contribution in [2.75, 3.05) is 5.32 Å². The van der Waals surface area contributed by atoms with Gasteiger partial charge in [-0.15, -0.1) is 0 Å². The van der Waals surface area contributed by atoms with Crippen LogP contribution in [0.15, 0.2) is 12.5 Å². The standard InChI is InChI=1S/C11H17ClN4O/c1-7(10(17)16-11(2,3)4)15-9-8(12)5-13-6-14-9/h5-7H,1-4H3,(H,16,17)(H,13,14,15). The number of nitrogens with one attached hydrogen (secondary N) is 2. The normalized spacial score (nSPS) is 13.0. The van der Waals surface area contributed by atoms with Crippen molar-refractivity contribution >= 4 is 23.3 Å². The van der Waals surface area contributed by atoms with Gasteiger partial charge in [-0.1, -0.05) is 11.6 Å². The second kappa shape index (κ2) is 5.31. The highest BCUT2D eigenvalue weighted by molar-refractivity contribution is 6.32. The summed E-state index contributed by atoms with van der Waals surface area (Å²) in [5.74, 6) is 0.352. The van der Waals surface area contributed by atoms with Crippen molar-refractivity contribution in [2.24, 2.45) is 0 Å². The van der Waals surface area contributed by atoms with E-state index in [4.69, 9.17) is 11.6 Å². The molecule has 0 fully saturated rings. The van der Waals surface area contributed by atoms with Crippen LogP contribution in [0.4, 0.5) is 5.82 Å². The quantitative estimate of drug-likeness (QED) is 0.866. The predicted molar refractivity (Wildman–Crippen MR) is 68.0 cm³/mol. The van der Waals surface area contributed by atoms with Crippen LogP contribution in [0, 0.1) is 0 Å². The van der Waals surface area contributed by atoms with Crippen LogP contribution in [0.5, 0.6) is 0 Å². The summed E-state index contributed by atoms with van der Waals surface area (Å²) in [6, 6.07) is -0.415. The third kappa shape index (κ3) is 4.56. The second-order valence-corrected chi connectivity index (χ2v) is 5.23. The van der Waals surface area contributed by atoms with Crippen molar-refractivity contribution in [3.63, 3.8) is 0 Å². The fraction of sp³-hybridized carbons (Fsp3) is 0.545. The van der Waals surface area contributed by atoms with Gasteiger partial charge in [-0.05, 0) is 27.7 Å². The molecule has 1 rings (SSSR count). The Morgan fingerprint density at radius 2 is 2.12 bits per heavy atom. The molecule has 0 aliphatic carbocycles. The van der Waals surface area contributed by atoms with Gasteiger partial charge in [0.25, 0.3) is 0 Å². The fourth-order valence-electron chi connectivity index (χ4n) is 1.17. The van der Waals surface area contributed by atoms with Crippen molar-refractivity contribution in [3.05, 3.63) is 17.5 Å². The van der Waals surface area contributed by atoms with E-state index < -0.39 is 6.04 Å². The van der Waals surface area contributed by atoms with Crippen molar-refractivity contribution < 1.29 is 4.79 Å². The molecule has 1 aromatic rings. The minimum absolute atomic E-state index is 0.104. The average molecular weight is 257 g/mol. The molecule has 0 saturated carbocycles.